The predicted molar refractivity (Wildman–Crippen MR) is 180 cm³/mol. The van der Waals surface area contributed by atoms with Crippen LogP contribution in [0.15, 0.2) is 12.2 Å². The summed E-state index contributed by atoms with van der Waals surface area (Å²) in [5.41, 5.74) is 0. The third kappa shape index (κ3) is 29.7. The van der Waals surface area contributed by atoms with Crippen molar-refractivity contribution in [3.05, 3.63) is 12.2 Å². The molecule has 8 nitrogen and oxygen atoms in total. The van der Waals surface area contributed by atoms with E-state index < -0.39 is 20.0 Å². The van der Waals surface area contributed by atoms with Gasteiger partial charge in [-0.3, -0.25) is 13.8 Å². The number of carbonyl (C=O) groups is 1. The summed E-state index contributed by atoms with van der Waals surface area (Å²) in [4.78, 5) is 21.9. The molecule has 0 saturated carbocycles. The number of likely N-dealkylation sites (N-methyl/N-ethyl adjacent to an activating group) is 1. The first kappa shape index (κ1) is 42.2. The molecular formula is C34H70N2O6P+. The lowest BCUT2D eigenvalue weighted by Gasteiger charge is -2.25. The number of phosphoric ester groups is 1. The van der Waals surface area contributed by atoms with Crippen LogP contribution >= 0.6 is 7.82 Å². The Labute approximate surface area is 265 Å². The molecule has 0 aromatic rings. The number of hydrogen-bond donors (Lipinski definition) is 3. The number of nitrogens with zero attached hydrogens (tertiary/aromatic N) is 1. The van der Waals surface area contributed by atoms with E-state index in [4.69, 9.17) is 9.05 Å². The first-order valence-corrected chi connectivity index (χ1v) is 19.1. The summed E-state index contributed by atoms with van der Waals surface area (Å²) in [5, 5.41) is 13.3. The molecule has 0 spiro atoms. The van der Waals surface area contributed by atoms with Crippen molar-refractivity contribution in [2.75, 3.05) is 40.9 Å². The van der Waals surface area contributed by atoms with Gasteiger partial charge < -0.3 is 19.8 Å². The van der Waals surface area contributed by atoms with Gasteiger partial charge in [0.05, 0.1) is 39.9 Å². The van der Waals surface area contributed by atoms with E-state index in [1.54, 1.807) is 13.0 Å². The van der Waals surface area contributed by atoms with Gasteiger partial charge in [-0.2, -0.15) is 0 Å². The van der Waals surface area contributed by atoms with Crippen molar-refractivity contribution in [2.24, 2.45) is 0 Å². The van der Waals surface area contributed by atoms with Gasteiger partial charge in [-0.05, 0) is 12.8 Å². The molecule has 0 aromatic heterocycles. The number of phosphoric acid groups is 1. The van der Waals surface area contributed by atoms with E-state index >= 15 is 0 Å². The van der Waals surface area contributed by atoms with Gasteiger partial charge in [0.1, 0.15) is 13.2 Å². The molecule has 0 saturated heterocycles. The molecule has 0 rings (SSSR count). The Kier molecular flexibility index (Phi) is 27.1. The fourth-order valence-corrected chi connectivity index (χ4v) is 5.62. The normalized spacial score (nSPS) is 15.0. The molecule has 0 aliphatic rings. The molecule has 9 heteroatoms. The monoisotopic (exact) mass is 633 g/mol. The third-order valence-electron chi connectivity index (χ3n) is 7.82. The lowest BCUT2D eigenvalue weighted by molar-refractivity contribution is -0.870. The first-order valence-electron chi connectivity index (χ1n) is 17.6. The first-order chi connectivity index (χ1) is 20.5. The van der Waals surface area contributed by atoms with Crippen LogP contribution in [0.3, 0.4) is 0 Å². The zero-order chi connectivity index (χ0) is 32.2. The van der Waals surface area contributed by atoms with E-state index in [1.807, 2.05) is 27.2 Å². The summed E-state index contributed by atoms with van der Waals surface area (Å²) in [7, 11) is 1.56. The Morgan fingerprint density at radius 3 is 1.63 bits per heavy atom. The van der Waals surface area contributed by atoms with Crippen molar-refractivity contribution in [3.8, 4) is 0 Å². The zero-order valence-corrected chi connectivity index (χ0v) is 29.6. The molecule has 0 aliphatic heterocycles. The van der Waals surface area contributed by atoms with Crippen molar-refractivity contribution >= 4 is 13.7 Å². The van der Waals surface area contributed by atoms with Crippen LogP contribution < -0.4 is 5.32 Å². The highest BCUT2D eigenvalue weighted by Crippen LogP contribution is 2.43. The maximum absolute atomic E-state index is 12.2. The zero-order valence-electron chi connectivity index (χ0n) is 28.7. The number of rotatable bonds is 31. The summed E-state index contributed by atoms with van der Waals surface area (Å²) in [6.07, 6.45) is 29.3. The molecule has 0 aliphatic carbocycles. The second-order valence-electron chi connectivity index (χ2n) is 13.2. The molecule has 3 unspecified atom stereocenters. The van der Waals surface area contributed by atoms with E-state index in [0.717, 1.165) is 19.3 Å². The number of carbonyl (C=O) groups excluding carboxylic acids is 1. The molecular weight excluding hydrogens is 563 g/mol. The van der Waals surface area contributed by atoms with Crippen LogP contribution in [-0.4, -0.2) is 73.4 Å². The smallest absolute Gasteiger partial charge is 0.387 e. The maximum Gasteiger partial charge on any atom is 0.472 e. The molecule has 3 atom stereocenters. The molecule has 3 N–H and O–H groups in total. The fourth-order valence-electron chi connectivity index (χ4n) is 4.89. The number of hydrogen-bond acceptors (Lipinski definition) is 5. The minimum atomic E-state index is -4.29. The summed E-state index contributed by atoms with van der Waals surface area (Å²) >= 11 is 0. The Bertz CT molecular complexity index is 728. The molecule has 0 bridgehead atoms. The summed E-state index contributed by atoms with van der Waals surface area (Å²) in [5.74, 6) is -0.265. The highest BCUT2D eigenvalue weighted by atomic mass is 31.2. The van der Waals surface area contributed by atoms with Crippen LogP contribution in [0.2, 0.25) is 0 Å². The van der Waals surface area contributed by atoms with Crippen LogP contribution in [0.25, 0.3) is 0 Å². The topological polar surface area (TPSA) is 105 Å². The van der Waals surface area contributed by atoms with Crippen LogP contribution in [0.4, 0.5) is 0 Å². The molecule has 0 heterocycles. The van der Waals surface area contributed by atoms with Gasteiger partial charge in [0.2, 0.25) is 5.91 Å². The van der Waals surface area contributed by atoms with Crippen molar-refractivity contribution in [3.63, 3.8) is 0 Å². The minimum Gasteiger partial charge on any atom is -0.387 e. The molecule has 256 valence electrons. The van der Waals surface area contributed by atoms with Gasteiger partial charge in [0.15, 0.2) is 0 Å². The number of aliphatic hydroxyl groups is 1. The summed E-state index contributed by atoms with van der Waals surface area (Å²) in [6.45, 7) is 4.26. The van der Waals surface area contributed by atoms with E-state index in [2.05, 4.69) is 12.2 Å². The molecule has 43 heavy (non-hydrogen) atoms. The van der Waals surface area contributed by atoms with Crippen LogP contribution in [0.1, 0.15) is 149 Å². The standard InChI is InChI=1S/C34H69N2O6P/c1-6-8-9-10-11-12-13-14-15-16-17-18-19-20-21-22-23-24-25-26-27-28-33(37)32(35-34(38)7-2)31-42-43(39,40)41-30-29-36(3,4)5/h27-28,32-33,37H,6-26,29-31H2,1-5H3,(H-,35,38,39,40)/p+1/b28-27+. The minimum absolute atomic E-state index is 0.0607. The number of nitrogens with one attached hydrogen (secondary N) is 1. The lowest BCUT2D eigenvalue weighted by Crippen LogP contribution is -2.45. The Morgan fingerprint density at radius 2 is 1.21 bits per heavy atom. The van der Waals surface area contributed by atoms with E-state index in [0.29, 0.717) is 11.0 Å². The number of unbranched alkanes of at least 4 members (excludes halogenated alkanes) is 19. The molecule has 0 aromatic carbocycles. The molecule has 1 amide bonds. The SMILES string of the molecule is CCCCCCCCCCCCCCCCCCCCC/C=C/C(O)C(COP(=O)(O)OCC[N+](C)(C)C)NC(=O)CC. The Morgan fingerprint density at radius 1 is 0.767 bits per heavy atom. The van der Waals surface area contributed by atoms with Gasteiger partial charge in [-0.25, -0.2) is 4.57 Å². The van der Waals surface area contributed by atoms with E-state index in [9.17, 15) is 19.4 Å². The number of aliphatic hydroxyl groups excluding tert-OH is 1. The second kappa shape index (κ2) is 27.5. The fraction of sp³-hybridized carbons (Fsp3) is 0.912. The van der Waals surface area contributed by atoms with Crippen molar-refractivity contribution in [2.45, 2.75) is 161 Å². The highest BCUT2D eigenvalue weighted by molar-refractivity contribution is 7.47. The van der Waals surface area contributed by atoms with Gasteiger partial charge in [-0.15, -0.1) is 0 Å². The number of allylic oxidation sites excluding steroid dienone is 1. The number of amides is 1. The van der Waals surface area contributed by atoms with Crippen molar-refractivity contribution < 1.29 is 32.9 Å². The summed E-state index contributed by atoms with van der Waals surface area (Å²) < 4.78 is 22.9. The second-order valence-corrected chi connectivity index (χ2v) is 14.7. The average molecular weight is 634 g/mol. The third-order valence-corrected chi connectivity index (χ3v) is 8.81. The average Bonchev–Trinajstić information content (AvgIpc) is 2.94. The van der Waals surface area contributed by atoms with Crippen molar-refractivity contribution in [1.29, 1.82) is 0 Å². The predicted octanol–water partition coefficient (Wildman–Crippen LogP) is 8.46. The van der Waals surface area contributed by atoms with Gasteiger partial charge in [-0.1, -0.05) is 142 Å². The maximum atomic E-state index is 12.2. The van der Waals surface area contributed by atoms with Crippen molar-refractivity contribution in [1.82, 2.24) is 5.32 Å². The Balaban J connectivity index is 3.91. The summed E-state index contributed by atoms with van der Waals surface area (Å²) in [6, 6.07) is -0.837. The van der Waals surface area contributed by atoms with Gasteiger partial charge >= 0.3 is 7.82 Å². The molecule has 0 radical (unpaired) electrons. The molecule has 0 fully saturated rings. The van der Waals surface area contributed by atoms with Crippen LogP contribution in [0.5, 0.6) is 0 Å². The quantitative estimate of drug-likeness (QED) is 0.0306. The van der Waals surface area contributed by atoms with Gasteiger partial charge in [0, 0.05) is 6.42 Å². The lowest BCUT2D eigenvalue weighted by atomic mass is 10.0. The number of quaternary nitrogens is 1. The highest BCUT2D eigenvalue weighted by Gasteiger charge is 2.27. The Hall–Kier alpha value is -0.760. The van der Waals surface area contributed by atoms with E-state index in [-0.39, 0.29) is 25.5 Å². The largest absolute Gasteiger partial charge is 0.472 e. The van der Waals surface area contributed by atoms with E-state index in [1.165, 1.54) is 109 Å². The van der Waals surface area contributed by atoms with Crippen LogP contribution in [-0.2, 0) is 18.4 Å². The van der Waals surface area contributed by atoms with Crippen LogP contribution in [0, 0.1) is 0 Å². The van der Waals surface area contributed by atoms with Gasteiger partial charge in [0.25, 0.3) is 0 Å².